The van der Waals surface area contributed by atoms with Crippen LogP contribution in [0.4, 0.5) is 0 Å². The average molecular weight is 166 g/mol. The number of hydrogen-bond acceptors (Lipinski definition) is 2. The van der Waals surface area contributed by atoms with Gasteiger partial charge < -0.3 is 10.2 Å². The van der Waals surface area contributed by atoms with Crippen LogP contribution in [0.25, 0.3) is 0 Å². The molecule has 2 N–H and O–H groups in total. The first-order valence-electron chi connectivity index (χ1n) is 4.01. The van der Waals surface area contributed by atoms with Crippen LogP contribution in [0.15, 0.2) is 30.3 Å². The zero-order chi connectivity index (χ0) is 9.19. The van der Waals surface area contributed by atoms with Gasteiger partial charge in [0.1, 0.15) is 0 Å². The molecule has 66 valence electrons. The third-order valence-corrected chi connectivity index (χ3v) is 2.12. The van der Waals surface area contributed by atoms with Crippen LogP contribution in [0.5, 0.6) is 0 Å². The Morgan fingerprint density at radius 2 is 1.67 bits per heavy atom. The first-order valence-corrected chi connectivity index (χ1v) is 4.01. The molecule has 2 heteroatoms. The van der Waals surface area contributed by atoms with Crippen molar-refractivity contribution < 1.29 is 10.2 Å². The van der Waals surface area contributed by atoms with Crippen molar-refractivity contribution in [1.82, 2.24) is 0 Å². The van der Waals surface area contributed by atoms with Gasteiger partial charge in [0.2, 0.25) is 0 Å². The monoisotopic (exact) mass is 166 g/mol. The molecular formula is C10H14O2. The average Bonchev–Trinajstić information content (AvgIpc) is 2.03. The quantitative estimate of drug-likeness (QED) is 0.653. The molecule has 0 bridgehead atoms. The maximum Gasteiger partial charge on any atom is 0.166 e. The van der Waals surface area contributed by atoms with Crippen LogP contribution in [0.2, 0.25) is 0 Å². The second-order valence-corrected chi connectivity index (χ2v) is 3.23. The van der Waals surface area contributed by atoms with Crippen LogP contribution >= 0.6 is 0 Å². The van der Waals surface area contributed by atoms with E-state index in [1.165, 1.54) is 6.92 Å². The van der Waals surface area contributed by atoms with Crippen LogP contribution < -0.4 is 0 Å². The zero-order valence-electron chi connectivity index (χ0n) is 7.36. The Morgan fingerprint density at radius 1 is 1.17 bits per heavy atom. The maximum absolute atomic E-state index is 9.30. The summed E-state index contributed by atoms with van der Waals surface area (Å²) >= 11 is 0. The lowest BCUT2D eigenvalue weighted by Gasteiger charge is -2.24. The fraction of sp³-hybridized carbons (Fsp3) is 0.400. The molecule has 0 aromatic heterocycles. The van der Waals surface area contributed by atoms with E-state index in [4.69, 9.17) is 0 Å². The van der Waals surface area contributed by atoms with Gasteiger partial charge in [-0.25, -0.2) is 0 Å². The summed E-state index contributed by atoms with van der Waals surface area (Å²) in [6.45, 7) is 3.18. The minimum Gasteiger partial charge on any atom is -0.365 e. The van der Waals surface area contributed by atoms with Crippen molar-refractivity contribution in [3.05, 3.63) is 35.9 Å². The number of rotatable bonds is 2. The first kappa shape index (κ1) is 9.23. The van der Waals surface area contributed by atoms with Crippen LogP contribution in [0.1, 0.15) is 25.3 Å². The van der Waals surface area contributed by atoms with Gasteiger partial charge in [-0.15, -0.1) is 0 Å². The topological polar surface area (TPSA) is 40.5 Å². The fourth-order valence-corrected chi connectivity index (χ4v) is 1.06. The first-order chi connectivity index (χ1) is 5.52. The van der Waals surface area contributed by atoms with Crippen molar-refractivity contribution in [3.8, 4) is 0 Å². The van der Waals surface area contributed by atoms with Gasteiger partial charge in [-0.1, -0.05) is 37.3 Å². The Morgan fingerprint density at radius 3 is 2.08 bits per heavy atom. The van der Waals surface area contributed by atoms with Crippen molar-refractivity contribution in [2.75, 3.05) is 0 Å². The third-order valence-electron chi connectivity index (χ3n) is 2.12. The molecule has 1 aromatic carbocycles. The van der Waals surface area contributed by atoms with Gasteiger partial charge >= 0.3 is 0 Å². The Balaban J connectivity index is 2.86. The number of aliphatic hydroxyl groups is 2. The van der Waals surface area contributed by atoms with Gasteiger partial charge in [0, 0.05) is 5.92 Å². The molecule has 0 spiro atoms. The Hall–Kier alpha value is -0.860. The van der Waals surface area contributed by atoms with Crippen molar-refractivity contribution in [2.45, 2.75) is 25.6 Å². The zero-order valence-corrected chi connectivity index (χ0v) is 7.36. The molecule has 0 aliphatic heterocycles. The highest BCUT2D eigenvalue weighted by Gasteiger charge is 2.25. The van der Waals surface area contributed by atoms with E-state index in [9.17, 15) is 10.2 Å². The Labute approximate surface area is 72.5 Å². The highest BCUT2D eigenvalue weighted by molar-refractivity contribution is 5.20. The van der Waals surface area contributed by atoms with E-state index in [-0.39, 0.29) is 5.92 Å². The molecule has 1 atom stereocenters. The molecule has 1 unspecified atom stereocenters. The van der Waals surface area contributed by atoms with E-state index in [2.05, 4.69) is 0 Å². The third kappa shape index (κ3) is 2.06. The molecule has 0 amide bonds. The second-order valence-electron chi connectivity index (χ2n) is 3.23. The van der Waals surface area contributed by atoms with Crippen LogP contribution in [0, 0.1) is 0 Å². The largest absolute Gasteiger partial charge is 0.365 e. The highest BCUT2D eigenvalue weighted by Crippen LogP contribution is 2.24. The maximum atomic E-state index is 9.30. The smallest absolute Gasteiger partial charge is 0.166 e. The molecule has 0 aliphatic rings. The molecule has 2 nitrogen and oxygen atoms in total. The predicted molar refractivity (Wildman–Crippen MR) is 47.7 cm³/mol. The van der Waals surface area contributed by atoms with Gasteiger partial charge in [-0.05, 0) is 12.5 Å². The second kappa shape index (κ2) is 3.25. The summed E-state index contributed by atoms with van der Waals surface area (Å²) in [6.07, 6.45) is 0. The number of benzene rings is 1. The standard InChI is InChI=1S/C10H14O2/c1-8(10(2,11)12)9-6-4-3-5-7-9/h3-8,11-12H,1-2H3. The summed E-state index contributed by atoms with van der Waals surface area (Å²) in [6, 6.07) is 9.45. The molecule has 0 fully saturated rings. The molecule has 1 aromatic rings. The lowest BCUT2D eigenvalue weighted by molar-refractivity contribution is -0.159. The molecule has 0 radical (unpaired) electrons. The highest BCUT2D eigenvalue weighted by atomic mass is 16.5. The minimum atomic E-state index is -1.64. The van der Waals surface area contributed by atoms with Crippen molar-refractivity contribution in [2.24, 2.45) is 0 Å². The molecule has 0 heterocycles. The van der Waals surface area contributed by atoms with E-state index in [0.717, 1.165) is 5.56 Å². The van der Waals surface area contributed by atoms with Crippen LogP contribution in [-0.2, 0) is 0 Å². The summed E-state index contributed by atoms with van der Waals surface area (Å²) in [7, 11) is 0. The fourth-order valence-electron chi connectivity index (χ4n) is 1.06. The molecular weight excluding hydrogens is 152 g/mol. The van der Waals surface area contributed by atoms with Crippen molar-refractivity contribution in [3.63, 3.8) is 0 Å². The van der Waals surface area contributed by atoms with Gasteiger partial charge in [0.05, 0.1) is 0 Å². The van der Waals surface area contributed by atoms with E-state index in [0.29, 0.717) is 0 Å². The van der Waals surface area contributed by atoms with Gasteiger partial charge in [-0.2, -0.15) is 0 Å². The van der Waals surface area contributed by atoms with E-state index < -0.39 is 5.79 Å². The number of hydrogen-bond donors (Lipinski definition) is 2. The molecule has 1 rings (SSSR count). The summed E-state index contributed by atoms with van der Waals surface area (Å²) in [5, 5.41) is 18.6. The minimum absolute atomic E-state index is 0.265. The van der Waals surface area contributed by atoms with Crippen LogP contribution in [0.3, 0.4) is 0 Å². The molecule has 12 heavy (non-hydrogen) atoms. The summed E-state index contributed by atoms with van der Waals surface area (Å²) < 4.78 is 0. The summed E-state index contributed by atoms with van der Waals surface area (Å²) in [4.78, 5) is 0. The lowest BCUT2D eigenvalue weighted by atomic mass is 9.94. The van der Waals surface area contributed by atoms with Crippen LogP contribution in [-0.4, -0.2) is 16.0 Å². The van der Waals surface area contributed by atoms with E-state index in [1.807, 2.05) is 30.3 Å². The van der Waals surface area contributed by atoms with Gasteiger partial charge in [-0.3, -0.25) is 0 Å². The van der Waals surface area contributed by atoms with E-state index >= 15 is 0 Å². The Kier molecular flexibility index (Phi) is 2.50. The summed E-state index contributed by atoms with van der Waals surface area (Å²) in [5.41, 5.74) is 0.935. The normalized spacial score (nSPS) is 14.3. The van der Waals surface area contributed by atoms with E-state index in [1.54, 1.807) is 6.92 Å². The predicted octanol–water partition coefficient (Wildman–Crippen LogP) is 1.49. The van der Waals surface area contributed by atoms with Gasteiger partial charge in [0.15, 0.2) is 5.79 Å². The molecule has 0 saturated carbocycles. The summed E-state index contributed by atoms with van der Waals surface area (Å²) in [5.74, 6) is -1.90. The van der Waals surface area contributed by atoms with Crippen molar-refractivity contribution >= 4 is 0 Å². The molecule has 0 saturated heterocycles. The SMILES string of the molecule is CC(c1ccccc1)C(C)(O)O. The lowest BCUT2D eigenvalue weighted by Crippen LogP contribution is -2.30. The Bertz CT molecular complexity index is 236. The molecule has 0 aliphatic carbocycles. The van der Waals surface area contributed by atoms with Gasteiger partial charge in [0.25, 0.3) is 0 Å². The van der Waals surface area contributed by atoms with Crippen molar-refractivity contribution in [1.29, 1.82) is 0 Å².